The first-order valence-corrected chi connectivity index (χ1v) is 7.35. The van der Waals surface area contributed by atoms with Crippen molar-refractivity contribution < 1.29 is 19.0 Å². The maximum absolute atomic E-state index is 12.4. The summed E-state index contributed by atoms with van der Waals surface area (Å²) in [5.41, 5.74) is -0.252. The number of carbonyl (C=O) groups is 1. The number of aromatic nitrogens is 1. The maximum Gasteiger partial charge on any atom is 0.256 e. The van der Waals surface area contributed by atoms with Gasteiger partial charge in [-0.25, -0.2) is 4.98 Å². The van der Waals surface area contributed by atoms with Gasteiger partial charge in [-0.3, -0.25) is 4.79 Å². The van der Waals surface area contributed by atoms with Gasteiger partial charge in [-0.2, -0.15) is 0 Å². The number of hydrogen-bond donors (Lipinski definition) is 1. The van der Waals surface area contributed by atoms with Gasteiger partial charge in [-0.15, -0.1) is 0 Å². The fraction of sp³-hybridized carbons (Fsp3) is 0.625. The lowest BCUT2D eigenvalue weighted by Crippen LogP contribution is -2.43. The van der Waals surface area contributed by atoms with Crippen molar-refractivity contribution in [2.45, 2.75) is 32.8 Å². The van der Waals surface area contributed by atoms with E-state index in [9.17, 15) is 4.79 Å². The summed E-state index contributed by atoms with van der Waals surface area (Å²) >= 11 is 0. The largest absolute Gasteiger partial charge is 0.475 e. The molecule has 1 rings (SSSR count). The molecule has 124 valence electrons. The molecule has 1 N–H and O–H groups in total. The highest BCUT2D eigenvalue weighted by Gasteiger charge is 2.33. The number of carbonyl (C=O) groups excluding carboxylic acids is 1. The van der Waals surface area contributed by atoms with Crippen molar-refractivity contribution >= 4 is 11.6 Å². The van der Waals surface area contributed by atoms with Crippen molar-refractivity contribution in [2.75, 3.05) is 32.8 Å². The molecular formula is C16H26N2O4. The fourth-order valence-corrected chi connectivity index (χ4v) is 2.08. The van der Waals surface area contributed by atoms with E-state index >= 15 is 0 Å². The third-order valence-corrected chi connectivity index (χ3v) is 3.26. The van der Waals surface area contributed by atoms with Gasteiger partial charge in [0.25, 0.3) is 5.91 Å². The summed E-state index contributed by atoms with van der Waals surface area (Å²) in [5, 5.41) is 2.83. The summed E-state index contributed by atoms with van der Waals surface area (Å²) in [6.07, 6.45) is 2.20. The van der Waals surface area contributed by atoms with Gasteiger partial charge in [0, 0.05) is 20.3 Å². The van der Waals surface area contributed by atoms with Gasteiger partial charge >= 0.3 is 0 Å². The van der Waals surface area contributed by atoms with E-state index in [0.29, 0.717) is 37.1 Å². The third-order valence-electron chi connectivity index (χ3n) is 3.26. The Morgan fingerprint density at radius 2 is 2.05 bits per heavy atom. The molecule has 0 aliphatic carbocycles. The van der Waals surface area contributed by atoms with Crippen LogP contribution in [0.4, 0.5) is 5.69 Å². The molecule has 0 saturated heterocycles. The Morgan fingerprint density at radius 3 is 2.55 bits per heavy atom. The number of nitrogens with zero attached hydrogens (tertiary/aromatic N) is 1. The molecule has 0 spiro atoms. The summed E-state index contributed by atoms with van der Waals surface area (Å²) in [5.74, 6) is 0.663. The molecule has 0 aliphatic heterocycles. The number of rotatable bonds is 9. The zero-order valence-electron chi connectivity index (χ0n) is 14.0. The average molecular weight is 310 g/mol. The Kier molecular flexibility index (Phi) is 7.27. The van der Waals surface area contributed by atoms with Crippen LogP contribution in [-0.2, 0) is 14.3 Å². The van der Waals surface area contributed by atoms with Crippen LogP contribution in [-0.4, -0.2) is 43.9 Å². The first-order valence-electron chi connectivity index (χ1n) is 7.35. The summed E-state index contributed by atoms with van der Waals surface area (Å²) in [4.78, 5) is 16.5. The van der Waals surface area contributed by atoms with Gasteiger partial charge in [0.15, 0.2) is 0 Å². The first-order chi connectivity index (χ1) is 10.4. The Balaban J connectivity index is 2.63. The Hall–Kier alpha value is -1.66. The predicted molar refractivity (Wildman–Crippen MR) is 85.1 cm³/mol. The predicted octanol–water partition coefficient (Wildman–Crippen LogP) is 2.50. The minimum absolute atomic E-state index is 0.182. The van der Waals surface area contributed by atoms with Crippen molar-refractivity contribution in [3.8, 4) is 5.88 Å². The van der Waals surface area contributed by atoms with Crippen LogP contribution in [0.15, 0.2) is 18.3 Å². The second kappa shape index (κ2) is 8.70. The van der Waals surface area contributed by atoms with E-state index in [-0.39, 0.29) is 5.91 Å². The Labute approximate surface area is 132 Å². The number of nitrogens with one attached hydrogen (secondary N) is 1. The van der Waals surface area contributed by atoms with Crippen LogP contribution in [0.1, 0.15) is 27.2 Å². The number of amides is 1. The number of ether oxygens (including phenoxy) is 3. The average Bonchev–Trinajstić information content (AvgIpc) is 2.48. The van der Waals surface area contributed by atoms with Crippen LogP contribution >= 0.6 is 0 Å². The van der Waals surface area contributed by atoms with E-state index in [2.05, 4.69) is 24.1 Å². The maximum atomic E-state index is 12.4. The lowest BCUT2D eigenvalue weighted by atomic mass is 9.93. The highest BCUT2D eigenvalue weighted by molar-refractivity contribution is 5.96. The molecule has 1 aromatic rings. The Bertz CT molecular complexity index is 462. The highest BCUT2D eigenvalue weighted by Crippen LogP contribution is 2.22. The quantitative estimate of drug-likeness (QED) is 0.710. The molecule has 0 unspecified atom stereocenters. The van der Waals surface area contributed by atoms with E-state index in [1.165, 1.54) is 0 Å². The standard InChI is InChI=1S/C16H26N2O4/c1-12(2)10-16(3,21-5)15(19)18-13-6-7-14(17-11-13)22-9-8-20-4/h6-7,11-12H,8-10H2,1-5H3,(H,18,19)/t16-/m0/s1. The molecule has 0 fully saturated rings. The summed E-state index contributed by atoms with van der Waals surface area (Å²) in [6.45, 7) is 6.83. The fourth-order valence-electron chi connectivity index (χ4n) is 2.08. The molecule has 1 atom stereocenters. The molecule has 22 heavy (non-hydrogen) atoms. The Morgan fingerprint density at radius 1 is 1.32 bits per heavy atom. The van der Waals surface area contributed by atoms with Crippen molar-refractivity contribution in [1.29, 1.82) is 0 Å². The monoisotopic (exact) mass is 310 g/mol. The number of methoxy groups -OCH3 is 2. The molecule has 0 aliphatic rings. The van der Waals surface area contributed by atoms with Crippen LogP contribution in [0.25, 0.3) is 0 Å². The van der Waals surface area contributed by atoms with E-state index < -0.39 is 5.60 Å². The van der Waals surface area contributed by atoms with Crippen LogP contribution in [0, 0.1) is 5.92 Å². The minimum Gasteiger partial charge on any atom is -0.475 e. The number of hydrogen-bond acceptors (Lipinski definition) is 5. The van der Waals surface area contributed by atoms with Crippen LogP contribution in [0.5, 0.6) is 5.88 Å². The molecule has 0 saturated carbocycles. The first kappa shape index (κ1) is 18.4. The molecule has 1 amide bonds. The van der Waals surface area contributed by atoms with E-state index in [1.54, 1.807) is 39.5 Å². The van der Waals surface area contributed by atoms with Gasteiger partial charge in [0.1, 0.15) is 12.2 Å². The zero-order valence-corrected chi connectivity index (χ0v) is 14.0. The lowest BCUT2D eigenvalue weighted by Gasteiger charge is -2.28. The van der Waals surface area contributed by atoms with Gasteiger partial charge < -0.3 is 19.5 Å². The van der Waals surface area contributed by atoms with Crippen LogP contribution in [0.3, 0.4) is 0 Å². The number of anilines is 1. The normalized spacial score (nSPS) is 13.7. The van der Waals surface area contributed by atoms with Crippen LogP contribution in [0.2, 0.25) is 0 Å². The highest BCUT2D eigenvalue weighted by atomic mass is 16.5. The SMILES string of the molecule is COCCOc1ccc(NC(=O)[C@](C)(CC(C)C)OC)cn1. The van der Waals surface area contributed by atoms with Gasteiger partial charge in [0.2, 0.25) is 5.88 Å². The molecule has 0 aromatic carbocycles. The zero-order chi connectivity index (χ0) is 16.6. The van der Waals surface area contributed by atoms with Crippen molar-refractivity contribution in [1.82, 2.24) is 4.98 Å². The van der Waals surface area contributed by atoms with Crippen molar-refractivity contribution in [2.24, 2.45) is 5.92 Å². The summed E-state index contributed by atoms with van der Waals surface area (Å²) < 4.78 is 15.7. The summed E-state index contributed by atoms with van der Waals surface area (Å²) in [7, 11) is 3.16. The second-order valence-corrected chi connectivity index (χ2v) is 5.71. The minimum atomic E-state index is -0.859. The smallest absolute Gasteiger partial charge is 0.256 e. The second-order valence-electron chi connectivity index (χ2n) is 5.71. The third kappa shape index (κ3) is 5.61. The molecular weight excluding hydrogens is 284 g/mol. The van der Waals surface area contributed by atoms with Gasteiger partial charge in [-0.05, 0) is 25.3 Å². The molecule has 6 nitrogen and oxygen atoms in total. The van der Waals surface area contributed by atoms with Crippen molar-refractivity contribution in [3.63, 3.8) is 0 Å². The van der Waals surface area contributed by atoms with E-state index in [4.69, 9.17) is 14.2 Å². The van der Waals surface area contributed by atoms with Crippen LogP contribution < -0.4 is 10.1 Å². The van der Waals surface area contributed by atoms with E-state index in [1.807, 2.05) is 0 Å². The molecule has 1 heterocycles. The van der Waals surface area contributed by atoms with E-state index in [0.717, 1.165) is 0 Å². The topological polar surface area (TPSA) is 69.7 Å². The molecule has 0 radical (unpaired) electrons. The molecule has 1 aromatic heterocycles. The van der Waals surface area contributed by atoms with Crippen molar-refractivity contribution in [3.05, 3.63) is 18.3 Å². The lowest BCUT2D eigenvalue weighted by molar-refractivity contribution is -0.137. The summed E-state index contributed by atoms with van der Waals surface area (Å²) in [6, 6.07) is 3.45. The van der Waals surface area contributed by atoms with Gasteiger partial charge in [0.05, 0.1) is 18.5 Å². The number of pyridine rings is 1. The molecule has 6 heteroatoms. The van der Waals surface area contributed by atoms with Gasteiger partial charge in [-0.1, -0.05) is 13.8 Å². The molecule has 0 bridgehead atoms.